The Balaban J connectivity index is 2.37. The minimum atomic E-state index is -2.45. The number of rotatable bonds is 9. The fraction of sp³-hybridized carbons (Fsp3) is 0.818. The van der Waals surface area contributed by atoms with Gasteiger partial charge in [0.15, 0.2) is 5.82 Å². The number of hydrogen-bond acceptors (Lipinski definition) is 5. The van der Waals surface area contributed by atoms with Crippen molar-refractivity contribution >= 4 is 0 Å². The third-order valence-electron chi connectivity index (χ3n) is 2.47. The molecule has 1 heterocycles. The van der Waals surface area contributed by atoms with Crippen molar-refractivity contribution in [3.63, 3.8) is 0 Å². The Kier molecular flexibility index (Phi) is 6.74. The van der Waals surface area contributed by atoms with Gasteiger partial charge in [-0.25, -0.2) is 8.78 Å². The molecule has 0 radical (unpaired) electrons. The van der Waals surface area contributed by atoms with Crippen molar-refractivity contribution in [3.05, 3.63) is 11.7 Å². The molecule has 0 bridgehead atoms. The van der Waals surface area contributed by atoms with E-state index in [1.165, 1.54) is 0 Å². The van der Waals surface area contributed by atoms with Gasteiger partial charge in [-0.05, 0) is 6.42 Å². The molecule has 0 aliphatic heterocycles. The Morgan fingerprint density at radius 1 is 1.44 bits per heavy atom. The summed E-state index contributed by atoms with van der Waals surface area (Å²) in [5.41, 5.74) is 5.62. The van der Waals surface area contributed by atoms with Gasteiger partial charge in [-0.1, -0.05) is 18.5 Å². The first-order valence-electron chi connectivity index (χ1n) is 6.05. The van der Waals surface area contributed by atoms with Gasteiger partial charge in [-0.3, -0.25) is 0 Å². The van der Waals surface area contributed by atoms with E-state index in [1.807, 2.05) is 0 Å². The van der Waals surface area contributed by atoms with E-state index in [0.717, 1.165) is 12.8 Å². The van der Waals surface area contributed by atoms with Gasteiger partial charge in [0, 0.05) is 13.0 Å². The third kappa shape index (κ3) is 5.05. The molecule has 1 unspecified atom stereocenters. The van der Waals surface area contributed by atoms with Crippen LogP contribution in [0, 0.1) is 0 Å². The summed E-state index contributed by atoms with van der Waals surface area (Å²) in [6.45, 7) is 2.10. The van der Waals surface area contributed by atoms with Crippen LogP contribution in [0.4, 0.5) is 8.78 Å². The molecule has 0 fully saturated rings. The summed E-state index contributed by atoms with van der Waals surface area (Å²) in [7, 11) is 0. The zero-order valence-electron chi connectivity index (χ0n) is 10.4. The maximum Gasteiger partial charge on any atom is 0.261 e. The normalized spacial score (nSPS) is 13.2. The predicted octanol–water partition coefficient (Wildman–Crippen LogP) is 1.74. The first-order valence-corrected chi connectivity index (χ1v) is 6.05. The van der Waals surface area contributed by atoms with Crippen LogP contribution in [0.3, 0.4) is 0 Å². The number of alkyl halides is 2. The second-order valence-corrected chi connectivity index (χ2v) is 3.99. The lowest BCUT2D eigenvalue weighted by Crippen LogP contribution is -2.13. The SMILES string of the molecule is CCCC(CN)c1nc(CCOCC(F)F)no1. The average molecular weight is 263 g/mol. The fourth-order valence-electron chi connectivity index (χ4n) is 1.56. The van der Waals surface area contributed by atoms with Crippen LogP contribution in [-0.2, 0) is 11.2 Å². The summed E-state index contributed by atoms with van der Waals surface area (Å²) >= 11 is 0. The highest BCUT2D eigenvalue weighted by Crippen LogP contribution is 2.18. The highest BCUT2D eigenvalue weighted by molar-refractivity contribution is 4.94. The summed E-state index contributed by atoms with van der Waals surface area (Å²) in [4.78, 5) is 4.19. The Bertz CT molecular complexity index is 334. The minimum absolute atomic E-state index is 0.0678. The summed E-state index contributed by atoms with van der Waals surface area (Å²) in [5, 5.41) is 3.77. The average Bonchev–Trinajstić information content (AvgIpc) is 2.80. The Morgan fingerprint density at radius 2 is 2.22 bits per heavy atom. The van der Waals surface area contributed by atoms with E-state index in [4.69, 9.17) is 15.0 Å². The van der Waals surface area contributed by atoms with Crippen LogP contribution < -0.4 is 5.73 Å². The molecule has 2 N–H and O–H groups in total. The largest absolute Gasteiger partial charge is 0.375 e. The number of nitrogens with two attached hydrogens (primary N) is 1. The molecule has 0 aliphatic rings. The van der Waals surface area contributed by atoms with E-state index in [9.17, 15) is 8.78 Å². The van der Waals surface area contributed by atoms with Crippen LogP contribution in [0.5, 0.6) is 0 Å². The van der Waals surface area contributed by atoms with Crippen LogP contribution in [0.15, 0.2) is 4.52 Å². The molecule has 1 aromatic rings. The van der Waals surface area contributed by atoms with Crippen LogP contribution in [0.1, 0.15) is 37.4 Å². The number of nitrogens with zero attached hydrogens (tertiary/aromatic N) is 2. The van der Waals surface area contributed by atoms with Gasteiger partial charge in [0.2, 0.25) is 5.89 Å². The molecule has 5 nitrogen and oxygen atoms in total. The van der Waals surface area contributed by atoms with Crippen molar-refractivity contribution in [1.29, 1.82) is 0 Å². The Morgan fingerprint density at radius 3 is 2.83 bits per heavy atom. The molecule has 0 spiro atoms. The lowest BCUT2D eigenvalue weighted by Gasteiger charge is -2.06. The minimum Gasteiger partial charge on any atom is -0.375 e. The Labute approximate surface area is 105 Å². The molecular formula is C11H19F2N3O2. The molecular weight excluding hydrogens is 244 g/mol. The van der Waals surface area contributed by atoms with Gasteiger partial charge >= 0.3 is 0 Å². The zero-order valence-corrected chi connectivity index (χ0v) is 10.4. The molecule has 7 heteroatoms. The summed E-state index contributed by atoms with van der Waals surface area (Å²) in [5.74, 6) is 1.05. The molecule has 0 saturated heterocycles. The topological polar surface area (TPSA) is 74.2 Å². The summed E-state index contributed by atoms with van der Waals surface area (Å²) < 4.78 is 33.5. The maximum absolute atomic E-state index is 11.8. The van der Waals surface area contributed by atoms with Gasteiger partial charge in [0.25, 0.3) is 6.43 Å². The quantitative estimate of drug-likeness (QED) is 0.687. The summed E-state index contributed by atoms with van der Waals surface area (Å²) in [6.07, 6.45) is -0.214. The second-order valence-electron chi connectivity index (χ2n) is 3.99. The first kappa shape index (κ1) is 15.0. The van der Waals surface area contributed by atoms with E-state index in [1.54, 1.807) is 0 Å². The highest BCUT2D eigenvalue weighted by Gasteiger charge is 2.16. The summed E-state index contributed by atoms with van der Waals surface area (Å²) in [6, 6.07) is 0. The number of aromatic nitrogens is 2. The third-order valence-corrected chi connectivity index (χ3v) is 2.47. The molecule has 104 valence electrons. The number of hydrogen-bond donors (Lipinski definition) is 1. The van der Waals surface area contributed by atoms with Gasteiger partial charge in [0.1, 0.15) is 6.61 Å². The van der Waals surface area contributed by atoms with Crippen LogP contribution in [0.25, 0.3) is 0 Å². The van der Waals surface area contributed by atoms with Crippen molar-refractivity contribution in [2.75, 3.05) is 19.8 Å². The van der Waals surface area contributed by atoms with Crippen molar-refractivity contribution < 1.29 is 18.0 Å². The first-order chi connectivity index (χ1) is 8.67. The van der Waals surface area contributed by atoms with E-state index in [0.29, 0.717) is 24.7 Å². The van der Waals surface area contributed by atoms with E-state index in [-0.39, 0.29) is 12.5 Å². The monoisotopic (exact) mass is 263 g/mol. The zero-order chi connectivity index (χ0) is 13.4. The highest BCUT2D eigenvalue weighted by atomic mass is 19.3. The van der Waals surface area contributed by atoms with E-state index < -0.39 is 13.0 Å². The lowest BCUT2D eigenvalue weighted by molar-refractivity contribution is 0.0182. The van der Waals surface area contributed by atoms with Crippen molar-refractivity contribution in [3.8, 4) is 0 Å². The molecule has 18 heavy (non-hydrogen) atoms. The maximum atomic E-state index is 11.8. The van der Waals surface area contributed by atoms with Crippen LogP contribution >= 0.6 is 0 Å². The standard InChI is InChI=1S/C11H19F2N3O2/c1-2-3-8(6-14)11-15-10(16-18-11)4-5-17-7-9(12)13/h8-9H,2-7,14H2,1H3. The van der Waals surface area contributed by atoms with E-state index >= 15 is 0 Å². The molecule has 0 saturated carbocycles. The van der Waals surface area contributed by atoms with Crippen molar-refractivity contribution in [1.82, 2.24) is 10.1 Å². The van der Waals surface area contributed by atoms with Gasteiger partial charge in [-0.2, -0.15) is 4.98 Å². The van der Waals surface area contributed by atoms with Crippen molar-refractivity contribution in [2.45, 2.75) is 38.5 Å². The van der Waals surface area contributed by atoms with Crippen LogP contribution in [-0.4, -0.2) is 36.3 Å². The van der Waals surface area contributed by atoms with Gasteiger partial charge in [-0.15, -0.1) is 0 Å². The molecule has 0 aromatic carbocycles. The van der Waals surface area contributed by atoms with E-state index in [2.05, 4.69) is 17.1 Å². The Hall–Kier alpha value is -1.08. The number of halogens is 2. The fourth-order valence-corrected chi connectivity index (χ4v) is 1.56. The van der Waals surface area contributed by atoms with Crippen LogP contribution in [0.2, 0.25) is 0 Å². The molecule has 1 aromatic heterocycles. The molecule has 0 aliphatic carbocycles. The molecule has 1 rings (SSSR count). The predicted molar refractivity (Wildman–Crippen MR) is 61.5 cm³/mol. The van der Waals surface area contributed by atoms with Gasteiger partial charge in [0.05, 0.1) is 12.5 Å². The second kappa shape index (κ2) is 8.10. The van der Waals surface area contributed by atoms with Gasteiger partial charge < -0.3 is 15.0 Å². The molecule has 0 amide bonds. The van der Waals surface area contributed by atoms with Crippen molar-refractivity contribution in [2.24, 2.45) is 5.73 Å². The number of ether oxygens (including phenoxy) is 1. The lowest BCUT2D eigenvalue weighted by atomic mass is 10.0. The molecule has 1 atom stereocenters. The smallest absolute Gasteiger partial charge is 0.261 e.